The minimum atomic E-state index is -3.65. The van der Waals surface area contributed by atoms with Gasteiger partial charge in [-0.15, -0.1) is 0 Å². The molecule has 1 N–H and O–H groups in total. The topological polar surface area (TPSA) is 81.2 Å². The minimum Gasteiger partial charge on any atom is -0.394 e. The molecule has 0 bridgehead atoms. The van der Waals surface area contributed by atoms with E-state index >= 15 is 4.39 Å². The van der Waals surface area contributed by atoms with Crippen molar-refractivity contribution in [3.05, 3.63) is 65.5 Å². The van der Waals surface area contributed by atoms with Crippen molar-refractivity contribution in [2.45, 2.75) is 50.6 Å². The van der Waals surface area contributed by atoms with Gasteiger partial charge in [-0.05, 0) is 37.5 Å². The summed E-state index contributed by atoms with van der Waals surface area (Å²) in [6.07, 6.45) is 1.25. The summed E-state index contributed by atoms with van der Waals surface area (Å²) in [5.41, 5.74) is 1.69. The van der Waals surface area contributed by atoms with Crippen molar-refractivity contribution in [2.75, 3.05) is 31.1 Å². The maximum Gasteiger partial charge on any atom is 0.221 e. The van der Waals surface area contributed by atoms with Gasteiger partial charge in [0.15, 0.2) is 0 Å². The summed E-state index contributed by atoms with van der Waals surface area (Å²) in [6, 6.07) is 13.4. The number of sulfonamides is 1. The number of hydrogen-bond donors (Lipinski definition) is 1. The first kappa shape index (κ1) is 24.6. The van der Waals surface area contributed by atoms with Crippen LogP contribution >= 0.6 is 0 Å². The van der Waals surface area contributed by atoms with E-state index in [9.17, 15) is 18.3 Å². The van der Waals surface area contributed by atoms with Gasteiger partial charge in [-0.1, -0.05) is 36.4 Å². The molecule has 2 aliphatic rings. The predicted octanol–water partition coefficient (Wildman–Crippen LogP) is 2.91. The van der Waals surface area contributed by atoms with E-state index in [1.165, 1.54) is 17.3 Å². The van der Waals surface area contributed by atoms with Crippen LogP contribution in [0.5, 0.6) is 0 Å². The van der Waals surface area contributed by atoms with Gasteiger partial charge in [-0.3, -0.25) is 4.79 Å². The van der Waals surface area contributed by atoms with E-state index < -0.39 is 21.1 Å². The fraction of sp³-hybridized carbons (Fsp3) is 0.480. The van der Waals surface area contributed by atoms with Crippen LogP contribution in [-0.4, -0.2) is 67.0 Å². The third kappa shape index (κ3) is 4.82. The van der Waals surface area contributed by atoms with Gasteiger partial charge >= 0.3 is 0 Å². The molecule has 7 nitrogen and oxygen atoms in total. The van der Waals surface area contributed by atoms with E-state index in [2.05, 4.69) is 0 Å². The molecule has 0 saturated carbocycles. The quantitative estimate of drug-likeness (QED) is 0.699. The number of rotatable bonds is 5. The van der Waals surface area contributed by atoms with E-state index in [1.807, 2.05) is 42.2 Å². The second-order valence-electron chi connectivity index (χ2n) is 9.19. The number of hydrogen-bond acceptors (Lipinski definition) is 5. The monoisotopic (exact) mass is 489 g/mol. The predicted molar refractivity (Wildman–Crippen MR) is 129 cm³/mol. The van der Waals surface area contributed by atoms with E-state index in [4.69, 9.17) is 0 Å². The lowest BCUT2D eigenvalue weighted by molar-refractivity contribution is -0.129. The maximum absolute atomic E-state index is 15.2. The van der Waals surface area contributed by atoms with Gasteiger partial charge in [0.1, 0.15) is 11.1 Å². The molecule has 2 aliphatic heterocycles. The molecule has 0 radical (unpaired) electrons. The lowest BCUT2D eigenvalue weighted by atomic mass is 10.0. The zero-order chi connectivity index (χ0) is 24.5. The summed E-state index contributed by atoms with van der Waals surface area (Å²) < 4.78 is 43.6. The molecule has 9 heteroatoms. The van der Waals surface area contributed by atoms with Crippen LogP contribution in [0.3, 0.4) is 0 Å². The average Bonchev–Trinajstić information content (AvgIpc) is 2.82. The Bertz CT molecular complexity index is 1130. The second-order valence-corrected chi connectivity index (χ2v) is 11.3. The summed E-state index contributed by atoms with van der Waals surface area (Å²) in [4.78, 5) is 15.3. The Morgan fingerprint density at radius 3 is 2.50 bits per heavy atom. The number of anilines is 1. The van der Waals surface area contributed by atoms with Gasteiger partial charge < -0.3 is 14.9 Å². The Labute approximate surface area is 200 Å². The number of benzene rings is 2. The van der Waals surface area contributed by atoms with Gasteiger partial charge in [0, 0.05) is 50.4 Å². The zero-order valence-corrected chi connectivity index (χ0v) is 20.4. The summed E-state index contributed by atoms with van der Waals surface area (Å²) in [6.45, 7) is 4.54. The van der Waals surface area contributed by atoms with E-state index in [-0.39, 0.29) is 31.1 Å². The highest BCUT2D eigenvalue weighted by Crippen LogP contribution is 2.38. The summed E-state index contributed by atoms with van der Waals surface area (Å²) in [5, 5.41) is 9.19. The van der Waals surface area contributed by atoms with Crippen LogP contribution in [0.15, 0.2) is 48.5 Å². The lowest BCUT2D eigenvalue weighted by Gasteiger charge is -2.42. The van der Waals surface area contributed by atoms with Crippen LogP contribution in [0.1, 0.15) is 43.1 Å². The molecule has 0 aromatic heterocycles. The van der Waals surface area contributed by atoms with Gasteiger partial charge in [0.2, 0.25) is 15.9 Å². The van der Waals surface area contributed by atoms with Crippen LogP contribution in [0.4, 0.5) is 10.1 Å². The maximum atomic E-state index is 15.2. The Morgan fingerprint density at radius 2 is 1.85 bits per heavy atom. The van der Waals surface area contributed by atoms with Crippen LogP contribution in [0, 0.1) is 5.82 Å². The molecule has 3 atom stereocenters. The molecule has 1 amide bonds. The molecule has 2 aromatic rings. The lowest BCUT2D eigenvalue weighted by Crippen LogP contribution is -2.56. The van der Waals surface area contributed by atoms with E-state index in [0.29, 0.717) is 43.7 Å². The van der Waals surface area contributed by atoms with Gasteiger partial charge in [-0.2, -0.15) is 4.31 Å². The molecule has 184 valence electrons. The summed E-state index contributed by atoms with van der Waals surface area (Å²) in [5.74, 6) is -0.530. The van der Waals surface area contributed by atoms with Gasteiger partial charge in [0.25, 0.3) is 0 Å². The molecule has 34 heavy (non-hydrogen) atoms. The standard InChI is InChI=1S/C25H32FN3O4S/c1-18-8-11-25(20-6-4-3-5-7-20)34(32,33)29(18)15-21-9-10-22(14-24(21)26)28-13-12-27(19(2)31)16-23(28)17-30/h3-7,9-10,14,18,23,25,30H,8,11-13,15-17H2,1-2H3/t18?,23-,25?/m1/s1. The Hall–Kier alpha value is -2.49. The first-order chi connectivity index (χ1) is 16.2. The van der Waals surface area contributed by atoms with Crippen molar-refractivity contribution in [3.8, 4) is 0 Å². The number of carbonyl (C=O) groups excluding carboxylic acids is 1. The van der Waals surface area contributed by atoms with Crippen LogP contribution in [0.25, 0.3) is 0 Å². The molecular formula is C25H32FN3O4S. The molecule has 0 aliphatic carbocycles. The SMILES string of the molecule is CC(=O)N1CCN(c2ccc(CN3C(C)CCC(c4ccccc4)S3(=O)=O)c(F)c2)[C@@H](CO)C1. The van der Waals surface area contributed by atoms with Crippen molar-refractivity contribution < 1.29 is 22.7 Å². The molecule has 4 rings (SSSR count). The average molecular weight is 490 g/mol. The Morgan fingerprint density at radius 1 is 1.12 bits per heavy atom. The first-order valence-corrected chi connectivity index (χ1v) is 13.2. The largest absolute Gasteiger partial charge is 0.394 e. The third-order valence-electron chi connectivity index (χ3n) is 7.03. The second kappa shape index (κ2) is 10.0. The molecule has 2 fully saturated rings. The Kier molecular flexibility index (Phi) is 7.25. The zero-order valence-electron chi connectivity index (χ0n) is 19.6. The van der Waals surface area contributed by atoms with Crippen molar-refractivity contribution >= 4 is 21.6 Å². The van der Waals surface area contributed by atoms with Crippen molar-refractivity contribution in [3.63, 3.8) is 0 Å². The van der Waals surface area contributed by atoms with E-state index in [0.717, 1.165) is 5.56 Å². The summed E-state index contributed by atoms with van der Waals surface area (Å²) in [7, 11) is -3.65. The number of aliphatic hydroxyl groups excluding tert-OH is 1. The third-order valence-corrected chi connectivity index (χ3v) is 9.40. The molecule has 2 unspecified atom stereocenters. The number of piperazine rings is 1. The molecule has 0 spiro atoms. The number of nitrogens with zero attached hydrogens (tertiary/aromatic N) is 3. The van der Waals surface area contributed by atoms with Crippen molar-refractivity contribution in [1.29, 1.82) is 0 Å². The van der Waals surface area contributed by atoms with Crippen LogP contribution in [-0.2, 0) is 21.4 Å². The number of aliphatic hydroxyl groups is 1. The fourth-order valence-electron chi connectivity index (χ4n) is 5.00. The molecular weight excluding hydrogens is 457 g/mol. The smallest absolute Gasteiger partial charge is 0.221 e. The minimum absolute atomic E-state index is 0.0273. The highest BCUT2D eigenvalue weighted by atomic mass is 32.2. The number of carbonyl (C=O) groups is 1. The van der Waals surface area contributed by atoms with E-state index in [1.54, 1.807) is 17.0 Å². The molecule has 2 heterocycles. The molecule has 2 aromatic carbocycles. The number of amides is 1. The van der Waals surface area contributed by atoms with Crippen molar-refractivity contribution in [1.82, 2.24) is 9.21 Å². The highest BCUT2D eigenvalue weighted by molar-refractivity contribution is 7.89. The van der Waals surface area contributed by atoms with Crippen LogP contribution in [0.2, 0.25) is 0 Å². The normalized spacial score (nSPS) is 25.4. The van der Waals surface area contributed by atoms with Gasteiger partial charge in [0.05, 0.1) is 12.6 Å². The van der Waals surface area contributed by atoms with Crippen LogP contribution < -0.4 is 4.90 Å². The first-order valence-electron chi connectivity index (χ1n) is 11.7. The fourth-order valence-corrected chi connectivity index (χ4v) is 7.19. The Balaban J connectivity index is 1.55. The summed E-state index contributed by atoms with van der Waals surface area (Å²) >= 11 is 0. The molecule has 2 saturated heterocycles. The van der Waals surface area contributed by atoms with Gasteiger partial charge in [-0.25, -0.2) is 12.8 Å². The van der Waals surface area contributed by atoms with Crippen molar-refractivity contribution in [2.24, 2.45) is 0 Å². The number of halogens is 1. The highest BCUT2D eigenvalue weighted by Gasteiger charge is 2.40.